The van der Waals surface area contributed by atoms with Crippen molar-refractivity contribution >= 4 is 28.2 Å². The predicted octanol–water partition coefficient (Wildman–Crippen LogP) is 2.85. The Morgan fingerprint density at radius 1 is 1.39 bits per heavy atom. The third kappa shape index (κ3) is 2.04. The molecule has 3 rings (SSSR count). The van der Waals surface area contributed by atoms with Crippen LogP contribution in [-0.2, 0) is 0 Å². The van der Waals surface area contributed by atoms with Crippen molar-refractivity contribution in [1.82, 2.24) is 4.98 Å². The molecular weight excluding hydrogens is 248 g/mol. The summed E-state index contributed by atoms with van der Waals surface area (Å²) in [5.41, 5.74) is 1.42. The molecule has 18 heavy (non-hydrogen) atoms. The molecule has 2 aromatic rings. The molecule has 1 unspecified atom stereocenters. The first kappa shape index (κ1) is 11.8. The molecular formula is C14H15ClN2O. The van der Waals surface area contributed by atoms with Crippen LogP contribution < -0.4 is 4.90 Å². The normalized spacial score (nSPS) is 23.8. The zero-order chi connectivity index (χ0) is 12.8. The zero-order valence-electron chi connectivity index (χ0n) is 10.2. The minimum absolute atomic E-state index is 0.595. The summed E-state index contributed by atoms with van der Waals surface area (Å²) < 4.78 is 0. The summed E-state index contributed by atoms with van der Waals surface area (Å²) in [7, 11) is 0. The van der Waals surface area contributed by atoms with Crippen LogP contribution in [0.4, 0.5) is 5.69 Å². The summed E-state index contributed by atoms with van der Waals surface area (Å²) >= 11 is 5.98. The molecule has 0 saturated carbocycles. The topological polar surface area (TPSA) is 36.4 Å². The van der Waals surface area contributed by atoms with Gasteiger partial charge in [-0.15, -0.1) is 0 Å². The van der Waals surface area contributed by atoms with E-state index in [-0.39, 0.29) is 0 Å². The molecule has 1 fully saturated rings. The van der Waals surface area contributed by atoms with Crippen LogP contribution in [0, 0.1) is 0 Å². The number of hydrogen-bond donors (Lipinski definition) is 1. The summed E-state index contributed by atoms with van der Waals surface area (Å²) in [6.07, 6.45) is 2.59. The van der Waals surface area contributed by atoms with Crippen molar-refractivity contribution in [2.45, 2.75) is 18.9 Å². The molecule has 0 spiro atoms. The van der Waals surface area contributed by atoms with Gasteiger partial charge in [0.15, 0.2) is 0 Å². The smallest absolute Gasteiger partial charge is 0.0810 e. The van der Waals surface area contributed by atoms with Crippen molar-refractivity contribution in [2.24, 2.45) is 0 Å². The fourth-order valence-corrected chi connectivity index (χ4v) is 2.70. The van der Waals surface area contributed by atoms with E-state index in [4.69, 9.17) is 11.6 Å². The fraction of sp³-hybridized carbons (Fsp3) is 0.357. The van der Waals surface area contributed by atoms with Gasteiger partial charge < -0.3 is 10.0 Å². The van der Waals surface area contributed by atoms with Crippen molar-refractivity contribution in [2.75, 3.05) is 18.0 Å². The van der Waals surface area contributed by atoms with Gasteiger partial charge in [-0.2, -0.15) is 0 Å². The monoisotopic (exact) mass is 262 g/mol. The Hall–Kier alpha value is -1.32. The number of fused-ring (bicyclic) bond motifs is 1. The minimum atomic E-state index is -0.595. The first-order chi connectivity index (χ1) is 8.55. The van der Waals surface area contributed by atoms with Crippen molar-refractivity contribution in [1.29, 1.82) is 0 Å². The van der Waals surface area contributed by atoms with Crippen molar-refractivity contribution in [3.05, 3.63) is 35.5 Å². The Balaban J connectivity index is 2.07. The molecule has 1 N–H and O–H groups in total. The summed E-state index contributed by atoms with van der Waals surface area (Å²) in [6, 6.07) is 7.74. The molecule has 1 saturated heterocycles. The average Bonchev–Trinajstić information content (AvgIpc) is 2.68. The maximum atomic E-state index is 10.1. The molecule has 0 bridgehead atoms. The van der Waals surface area contributed by atoms with Gasteiger partial charge in [-0.05, 0) is 37.6 Å². The lowest BCUT2D eigenvalue weighted by Crippen LogP contribution is -2.29. The largest absolute Gasteiger partial charge is 0.388 e. The van der Waals surface area contributed by atoms with Gasteiger partial charge in [0.1, 0.15) is 0 Å². The third-order valence-electron chi connectivity index (χ3n) is 3.47. The highest BCUT2D eigenvalue weighted by Gasteiger charge is 2.31. The fourth-order valence-electron chi connectivity index (χ4n) is 2.53. The molecule has 0 amide bonds. The third-order valence-corrected chi connectivity index (χ3v) is 3.71. The molecule has 1 aromatic heterocycles. The Kier molecular flexibility index (Phi) is 2.68. The van der Waals surface area contributed by atoms with Gasteiger partial charge in [0.2, 0.25) is 0 Å². The van der Waals surface area contributed by atoms with E-state index in [0.29, 0.717) is 11.6 Å². The molecule has 4 heteroatoms. The Morgan fingerprint density at radius 2 is 2.22 bits per heavy atom. The van der Waals surface area contributed by atoms with Gasteiger partial charge in [0, 0.05) is 35.4 Å². The first-order valence-electron chi connectivity index (χ1n) is 6.07. The van der Waals surface area contributed by atoms with Gasteiger partial charge in [-0.3, -0.25) is 4.98 Å². The number of pyridine rings is 1. The number of benzene rings is 1. The molecule has 1 atom stereocenters. The maximum Gasteiger partial charge on any atom is 0.0810 e. The van der Waals surface area contributed by atoms with Crippen LogP contribution in [0.2, 0.25) is 5.02 Å². The zero-order valence-corrected chi connectivity index (χ0v) is 11.0. The molecule has 1 aliphatic rings. The van der Waals surface area contributed by atoms with E-state index >= 15 is 0 Å². The van der Waals surface area contributed by atoms with Crippen molar-refractivity contribution in [3.63, 3.8) is 0 Å². The van der Waals surface area contributed by atoms with Crippen LogP contribution in [-0.4, -0.2) is 28.8 Å². The van der Waals surface area contributed by atoms with E-state index in [1.807, 2.05) is 31.2 Å². The Bertz CT molecular complexity index is 597. The lowest BCUT2D eigenvalue weighted by atomic mass is 10.1. The highest BCUT2D eigenvalue weighted by Crippen LogP contribution is 2.32. The number of anilines is 1. The molecule has 94 valence electrons. The maximum absolute atomic E-state index is 10.1. The van der Waals surface area contributed by atoms with Gasteiger partial charge in [0.25, 0.3) is 0 Å². The summed E-state index contributed by atoms with van der Waals surface area (Å²) in [5.74, 6) is 0. The summed E-state index contributed by atoms with van der Waals surface area (Å²) in [5, 5.41) is 11.8. The van der Waals surface area contributed by atoms with Gasteiger partial charge in [-0.25, -0.2) is 0 Å². The predicted molar refractivity (Wildman–Crippen MR) is 74.2 cm³/mol. The van der Waals surface area contributed by atoms with E-state index in [9.17, 15) is 5.11 Å². The van der Waals surface area contributed by atoms with Crippen LogP contribution in [0.5, 0.6) is 0 Å². The van der Waals surface area contributed by atoms with E-state index < -0.39 is 5.60 Å². The van der Waals surface area contributed by atoms with Crippen LogP contribution >= 0.6 is 11.6 Å². The minimum Gasteiger partial charge on any atom is -0.388 e. The number of aromatic nitrogens is 1. The van der Waals surface area contributed by atoms with Crippen molar-refractivity contribution < 1.29 is 5.11 Å². The second kappa shape index (κ2) is 4.11. The second-order valence-corrected chi connectivity index (χ2v) is 5.60. The average molecular weight is 263 g/mol. The summed E-state index contributed by atoms with van der Waals surface area (Å²) in [4.78, 5) is 6.54. The lowest BCUT2D eigenvalue weighted by molar-refractivity contribution is 0.0839. The Morgan fingerprint density at radius 3 is 2.94 bits per heavy atom. The first-order valence-corrected chi connectivity index (χ1v) is 6.45. The molecule has 1 aromatic carbocycles. The molecule has 2 heterocycles. The number of hydrogen-bond acceptors (Lipinski definition) is 3. The number of aliphatic hydroxyl groups is 1. The van der Waals surface area contributed by atoms with Gasteiger partial charge in [-0.1, -0.05) is 11.6 Å². The highest BCUT2D eigenvalue weighted by atomic mass is 35.5. The summed E-state index contributed by atoms with van der Waals surface area (Å²) in [6.45, 7) is 3.41. The number of nitrogens with zero attached hydrogens (tertiary/aromatic N) is 2. The Labute approximate surface area is 111 Å². The van der Waals surface area contributed by atoms with Crippen LogP contribution in [0.1, 0.15) is 13.3 Å². The molecule has 1 aliphatic heterocycles. The van der Waals surface area contributed by atoms with E-state index in [1.165, 1.54) is 0 Å². The van der Waals surface area contributed by atoms with Gasteiger partial charge in [0.05, 0.1) is 11.1 Å². The standard InChI is InChI=1S/C14H15ClN2O/c1-14(18)5-7-17(9-14)13-4-6-16-12-8-10(15)2-3-11(12)13/h2-4,6,8,18H,5,7,9H2,1H3. The second-order valence-electron chi connectivity index (χ2n) is 5.16. The molecule has 0 aliphatic carbocycles. The SMILES string of the molecule is CC1(O)CCN(c2ccnc3cc(Cl)ccc23)C1. The molecule has 0 radical (unpaired) electrons. The van der Waals surface area contributed by atoms with Crippen LogP contribution in [0.25, 0.3) is 10.9 Å². The highest BCUT2D eigenvalue weighted by molar-refractivity contribution is 6.31. The lowest BCUT2D eigenvalue weighted by Gasteiger charge is -2.22. The van der Waals surface area contributed by atoms with E-state index in [1.54, 1.807) is 6.20 Å². The van der Waals surface area contributed by atoms with E-state index in [0.717, 1.165) is 29.6 Å². The number of rotatable bonds is 1. The van der Waals surface area contributed by atoms with Crippen molar-refractivity contribution in [3.8, 4) is 0 Å². The van der Waals surface area contributed by atoms with Crippen LogP contribution in [0.15, 0.2) is 30.5 Å². The van der Waals surface area contributed by atoms with Crippen LogP contribution in [0.3, 0.4) is 0 Å². The quantitative estimate of drug-likeness (QED) is 0.859. The van der Waals surface area contributed by atoms with Gasteiger partial charge >= 0.3 is 0 Å². The van der Waals surface area contributed by atoms with E-state index in [2.05, 4.69) is 9.88 Å². The number of halogens is 1. The molecule has 3 nitrogen and oxygen atoms in total. The number of β-amino-alcohol motifs (C(OH)–C–C–N with tert-alkyl or cyclic N) is 1.